The van der Waals surface area contributed by atoms with Crippen molar-refractivity contribution in [2.45, 2.75) is 56.1 Å². The molecule has 1 amide bonds. The van der Waals surface area contributed by atoms with Crippen molar-refractivity contribution in [3.05, 3.63) is 125 Å². The Morgan fingerprint density at radius 2 is 1.60 bits per heavy atom. The second kappa shape index (κ2) is 15.8. The number of carbonyl (C=O) groups excluding carboxylic acids is 1. The summed E-state index contributed by atoms with van der Waals surface area (Å²) < 4.78 is 14.8. The van der Waals surface area contributed by atoms with Crippen molar-refractivity contribution in [3.8, 4) is 16.8 Å². The van der Waals surface area contributed by atoms with Gasteiger partial charge in [-0.1, -0.05) is 103 Å². The van der Waals surface area contributed by atoms with Gasteiger partial charge in [0.2, 0.25) is 11.1 Å². The van der Waals surface area contributed by atoms with Gasteiger partial charge in [0.05, 0.1) is 30.9 Å². The van der Waals surface area contributed by atoms with Crippen LogP contribution in [0.5, 0.6) is 0 Å². The molecule has 4 aromatic carbocycles. The third kappa shape index (κ3) is 8.33. The first-order valence-electron chi connectivity index (χ1n) is 15.6. The number of aliphatic carboxylic acids is 1. The fraction of sp³-hybridized carbons (Fsp3) is 0.250. The highest BCUT2D eigenvalue weighted by Crippen LogP contribution is 2.40. The smallest absolute Gasteiger partial charge is 0.303 e. The molecule has 0 bridgehead atoms. The van der Waals surface area contributed by atoms with E-state index in [9.17, 15) is 14.7 Å². The van der Waals surface area contributed by atoms with Gasteiger partial charge in [0.15, 0.2) is 6.29 Å². The average molecular weight is 666 g/mol. The minimum Gasteiger partial charge on any atom is -0.481 e. The van der Waals surface area contributed by atoms with Gasteiger partial charge in [-0.15, -0.1) is 5.10 Å². The van der Waals surface area contributed by atoms with Crippen LogP contribution in [-0.2, 0) is 32.2 Å². The number of carboxylic acids is 1. The third-order valence-corrected chi connectivity index (χ3v) is 9.06. The van der Waals surface area contributed by atoms with Crippen molar-refractivity contribution in [3.63, 3.8) is 0 Å². The summed E-state index contributed by atoms with van der Waals surface area (Å²) >= 11 is 1.52. The van der Waals surface area contributed by atoms with Gasteiger partial charge in [-0.3, -0.25) is 9.59 Å². The number of tetrazole rings is 1. The number of benzene rings is 4. The van der Waals surface area contributed by atoms with Crippen LogP contribution in [-0.4, -0.2) is 54.2 Å². The first-order chi connectivity index (χ1) is 23.5. The van der Waals surface area contributed by atoms with Gasteiger partial charge in [0.1, 0.15) is 0 Å². The van der Waals surface area contributed by atoms with Gasteiger partial charge in [-0.2, -0.15) is 4.68 Å². The number of carboxylic acid groups (broad SMARTS) is 1. The first kappa shape index (κ1) is 33.0. The number of para-hydroxylation sites is 1. The summed E-state index contributed by atoms with van der Waals surface area (Å²) in [5.74, 6) is -0.710. The lowest BCUT2D eigenvalue weighted by molar-refractivity contribution is -0.245. The van der Waals surface area contributed by atoms with Crippen LogP contribution in [0.3, 0.4) is 0 Å². The maximum absolute atomic E-state index is 12.1. The number of nitrogens with one attached hydrogen (secondary N) is 1. The van der Waals surface area contributed by atoms with E-state index in [-0.39, 0.29) is 44.1 Å². The van der Waals surface area contributed by atoms with Crippen molar-refractivity contribution in [1.29, 1.82) is 0 Å². The van der Waals surface area contributed by atoms with E-state index in [4.69, 9.17) is 14.6 Å². The number of nitrogens with zero attached hydrogens (tertiary/aromatic N) is 4. The molecule has 1 saturated heterocycles. The molecule has 1 aliphatic heterocycles. The zero-order chi connectivity index (χ0) is 33.3. The molecule has 12 heteroatoms. The molecule has 5 aromatic rings. The Bertz CT molecular complexity index is 1820. The second-order valence-electron chi connectivity index (χ2n) is 11.3. The minimum absolute atomic E-state index is 0.0283. The number of hydrogen-bond donors (Lipinski definition) is 3. The van der Waals surface area contributed by atoms with Gasteiger partial charge in [-0.05, 0) is 50.4 Å². The van der Waals surface area contributed by atoms with Gasteiger partial charge in [0, 0.05) is 30.7 Å². The largest absolute Gasteiger partial charge is 0.481 e. The monoisotopic (exact) mass is 665 g/mol. The minimum atomic E-state index is -1.00. The number of aliphatic hydroxyl groups is 1. The van der Waals surface area contributed by atoms with Crippen molar-refractivity contribution in [2.24, 2.45) is 0 Å². The number of rotatable bonds is 13. The average Bonchev–Trinajstić information content (AvgIpc) is 3.61. The predicted octanol–water partition coefficient (Wildman–Crippen LogP) is 5.64. The molecule has 3 atom stereocenters. The Labute approximate surface area is 281 Å². The standard InChI is InChI=1S/C36H35N5O6S/c42-22-24-10-12-26(13-11-24)32-20-30(23-48-36-38-39-40-41(36)29-7-2-1-3-8-29)46-35(47-32)27-16-14-25(15-17-27)31-9-5-4-6-28(31)21-37-33(43)18-19-34(44)45/h1-17,30,32,35,42H,18-23H2,(H,37,43)(H,44,45)/t30-,32+,35+/m1/s1. The summed E-state index contributed by atoms with van der Waals surface area (Å²) in [7, 11) is 0. The van der Waals surface area contributed by atoms with Crippen molar-refractivity contribution < 1.29 is 29.3 Å². The van der Waals surface area contributed by atoms with E-state index in [0.717, 1.165) is 39.1 Å². The molecule has 3 N–H and O–H groups in total. The number of amides is 1. The SMILES string of the molecule is O=C(O)CCC(=O)NCc1ccccc1-c1ccc([C@H]2O[C@@H](CSc3nnnn3-c3ccccc3)C[C@@H](c3ccc(CO)cc3)O2)cc1. The topological polar surface area (TPSA) is 149 Å². The maximum Gasteiger partial charge on any atom is 0.303 e. The fourth-order valence-electron chi connectivity index (χ4n) is 5.47. The highest BCUT2D eigenvalue weighted by Gasteiger charge is 2.32. The van der Waals surface area contributed by atoms with Crippen molar-refractivity contribution in [1.82, 2.24) is 25.5 Å². The Kier molecular flexibility index (Phi) is 10.9. The van der Waals surface area contributed by atoms with Crippen LogP contribution in [0.2, 0.25) is 0 Å². The number of aliphatic hydroxyl groups excluding tert-OH is 1. The summed E-state index contributed by atoms with van der Waals surface area (Å²) in [5.41, 5.74) is 6.40. The van der Waals surface area contributed by atoms with E-state index in [1.165, 1.54) is 11.8 Å². The highest BCUT2D eigenvalue weighted by atomic mass is 32.2. The number of thioether (sulfide) groups is 1. The Hall–Kier alpha value is -4.88. The van der Waals surface area contributed by atoms with Crippen LogP contribution in [0.15, 0.2) is 108 Å². The molecule has 0 aliphatic carbocycles. The van der Waals surface area contributed by atoms with Crippen molar-refractivity contribution >= 4 is 23.6 Å². The molecule has 246 valence electrons. The quantitative estimate of drug-likeness (QED) is 0.135. The van der Waals surface area contributed by atoms with Crippen LogP contribution >= 0.6 is 11.8 Å². The Morgan fingerprint density at radius 1 is 0.875 bits per heavy atom. The zero-order valence-electron chi connectivity index (χ0n) is 26.0. The zero-order valence-corrected chi connectivity index (χ0v) is 26.8. The molecular formula is C36H35N5O6S. The van der Waals surface area contributed by atoms with Crippen LogP contribution in [0.25, 0.3) is 16.8 Å². The normalized spacial score (nSPS) is 17.6. The summed E-state index contributed by atoms with van der Waals surface area (Å²) in [5, 5.41) is 34.2. The molecule has 1 aliphatic rings. The molecule has 2 heterocycles. The molecular weight excluding hydrogens is 630 g/mol. The number of carbonyl (C=O) groups is 2. The Balaban J connectivity index is 1.18. The lowest BCUT2D eigenvalue weighted by atomic mass is 9.97. The Morgan fingerprint density at radius 3 is 2.35 bits per heavy atom. The first-order valence-corrected chi connectivity index (χ1v) is 16.6. The summed E-state index contributed by atoms with van der Waals surface area (Å²) in [4.78, 5) is 23.0. The van der Waals surface area contributed by atoms with Crippen molar-refractivity contribution in [2.75, 3.05) is 5.75 Å². The van der Waals surface area contributed by atoms with Crippen LogP contribution in [0.1, 0.15) is 53.9 Å². The van der Waals surface area contributed by atoms with E-state index in [1.54, 1.807) is 4.68 Å². The third-order valence-electron chi connectivity index (χ3n) is 8.01. The van der Waals surface area contributed by atoms with E-state index in [2.05, 4.69) is 20.8 Å². The van der Waals surface area contributed by atoms with Crippen LogP contribution < -0.4 is 5.32 Å². The van der Waals surface area contributed by atoms with Gasteiger partial charge in [0.25, 0.3) is 0 Å². The molecule has 6 rings (SSSR count). The van der Waals surface area contributed by atoms with Crippen LogP contribution in [0.4, 0.5) is 0 Å². The molecule has 0 unspecified atom stereocenters. The van der Waals surface area contributed by atoms with E-state index in [1.807, 2.05) is 103 Å². The predicted molar refractivity (Wildman–Crippen MR) is 179 cm³/mol. The van der Waals surface area contributed by atoms with E-state index < -0.39 is 12.3 Å². The molecule has 1 fully saturated rings. The van der Waals surface area contributed by atoms with Gasteiger partial charge < -0.3 is 25.0 Å². The summed E-state index contributed by atoms with van der Waals surface area (Å²) in [6, 6.07) is 33.3. The lowest BCUT2D eigenvalue weighted by Gasteiger charge is -2.36. The number of hydrogen-bond acceptors (Lipinski definition) is 9. The highest BCUT2D eigenvalue weighted by molar-refractivity contribution is 7.99. The molecule has 0 spiro atoms. The van der Waals surface area contributed by atoms with E-state index >= 15 is 0 Å². The molecule has 48 heavy (non-hydrogen) atoms. The second-order valence-corrected chi connectivity index (χ2v) is 12.3. The summed E-state index contributed by atoms with van der Waals surface area (Å²) in [6.45, 7) is 0.258. The summed E-state index contributed by atoms with van der Waals surface area (Å²) in [6.07, 6.45) is -0.696. The molecule has 1 aromatic heterocycles. The number of aromatic nitrogens is 4. The lowest BCUT2D eigenvalue weighted by Crippen LogP contribution is -2.31. The number of ether oxygens (including phenoxy) is 2. The van der Waals surface area contributed by atoms with Gasteiger partial charge in [-0.25, -0.2) is 0 Å². The van der Waals surface area contributed by atoms with Gasteiger partial charge >= 0.3 is 5.97 Å². The molecule has 0 radical (unpaired) electrons. The molecule has 11 nitrogen and oxygen atoms in total. The van der Waals surface area contributed by atoms with Crippen LogP contribution in [0, 0.1) is 0 Å². The maximum atomic E-state index is 12.1. The molecule has 0 saturated carbocycles. The van der Waals surface area contributed by atoms with E-state index in [0.29, 0.717) is 17.3 Å². The fourth-order valence-corrected chi connectivity index (χ4v) is 6.38.